The summed E-state index contributed by atoms with van der Waals surface area (Å²) in [7, 11) is -4.12. The molecule has 1 atom stereocenters. The Bertz CT molecular complexity index is 1390. The number of aryl methyl sites for hydroxylation is 2. The highest BCUT2D eigenvalue weighted by Gasteiger charge is 2.33. The average Bonchev–Trinajstić information content (AvgIpc) is 2.89. The van der Waals surface area contributed by atoms with E-state index in [4.69, 9.17) is 23.2 Å². The van der Waals surface area contributed by atoms with E-state index in [2.05, 4.69) is 5.32 Å². The minimum Gasteiger partial charge on any atom is -0.355 e. The highest BCUT2D eigenvalue weighted by Crippen LogP contribution is 2.29. The number of nitrogens with zero attached hydrogens (tertiary/aromatic N) is 2. The summed E-state index contributed by atoms with van der Waals surface area (Å²) in [5.41, 5.74) is 2.66. The van der Waals surface area contributed by atoms with Crippen molar-refractivity contribution in [2.45, 2.75) is 45.2 Å². The maximum absolute atomic E-state index is 13.9. The zero-order valence-corrected chi connectivity index (χ0v) is 24.1. The molecule has 0 aliphatic heterocycles. The van der Waals surface area contributed by atoms with Gasteiger partial charge in [-0.3, -0.25) is 13.9 Å². The summed E-state index contributed by atoms with van der Waals surface area (Å²) in [6, 6.07) is 17.2. The molecule has 0 saturated heterocycles. The largest absolute Gasteiger partial charge is 0.355 e. The van der Waals surface area contributed by atoms with Crippen molar-refractivity contribution in [2.75, 3.05) is 17.4 Å². The number of benzene rings is 3. The predicted molar refractivity (Wildman–Crippen MR) is 152 cm³/mol. The van der Waals surface area contributed by atoms with Gasteiger partial charge >= 0.3 is 0 Å². The number of carbonyl (C=O) groups is 2. The van der Waals surface area contributed by atoms with Gasteiger partial charge in [0.1, 0.15) is 12.6 Å². The maximum atomic E-state index is 13.9. The smallest absolute Gasteiger partial charge is 0.264 e. The SMILES string of the molecule is CCNC(=O)C(C)N(Cc1c(Cl)cccc1Cl)C(=O)CN(c1ccc(C)c(C)c1)S(=O)(=O)c1ccccc1. The lowest BCUT2D eigenvalue weighted by Crippen LogP contribution is -2.51. The number of anilines is 1. The van der Waals surface area contributed by atoms with Gasteiger partial charge in [-0.05, 0) is 75.2 Å². The fourth-order valence-corrected chi connectivity index (χ4v) is 5.83. The van der Waals surface area contributed by atoms with Gasteiger partial charge in [-0.15, -0.1) is 0 Å². The van der Waals surface area contributed by atoms with Crippen molar-refractivity contribution < 1.29 is 18.0 Å². The molecule has 0 aliphatic rings. The van der Waals surface area contributed by atoms with Crippen LogP contribution >= 0.6 is 23.2 Å². The summed E-state index contributed by atoms with van der Waals surface area (Å²) >= 11 is 12.8. The number of sulfonamides is 1. The summed E-state index contributed by atoms with van der Waals surface area (Å²) in [5, 5.41) is 3.39. The van der Waals surface area contributed by atoms with Crippen LogP contribution in [0.15, 0.2) is 71.6 Å². The van der Waals surface area contributed by atoms with Crippen molar-refractivity contribution in [3.8, 4) is 0 Å². The summed E-state index contributed by atoms with van der Waals surface area (Å²) in [5.74, 6) is -0.967. The molecule has 1 N–H and O–H groups in total. The van der Waals surface area contributed by atoms with Crippen LogP contribution < -0.4 is 9.62 Å². The zero-order chi connectivity index (χ0) is 28.0. The van der Waals surface area contributed by atoms with Gasteiger partial charge in [-0.25, -0.2) is 8.42 Å². The molecule has 0 bridgehead atoms. The van der Waals surface area contributed by atoms with Crippen LogP contribution in [0.1, 0.15) is 30.5 Å². The zero-order valence-electron chi connectivity index (χ0n) is 21.7. The van der Waals surface area contributed by atoms with E-state index in [1.54, 1.807) is 68.4 Å². The second-order valence-corrected chi connectivity index (χ2v) is 11.6. The number of likely N-dealkylation sites (N-methyl/N-ethyl adjacent to an activating group) is 1. The van der Waals surface area contributed by atoms with E-state index < -0.39 is 28.5 Å². The van der Waals surface area contributed by atoms with E-state index in [1.165, 1.54) is 17.0 Å². The first-order valence-electron chi connectivity index (χ1n) is 12.1. The molecule has 0 saturated carbocycles. The van der Waals surface area contributed by atoms with Crippen molar-refractivity contribution in [1.82, 2.24) is 10.2 Å². The molecule has 0 radical (unpaired) electrons. The Hall–Kier alpha value is -3.07. The van der Waals surface area contributed by atoms with Gasteiger partial charge in [-0.2, -0.15) is 0 Å². The highest BCUT2D eigenvalue weighted by molar-refractivity contribution is 7.92. The third-order valence-electron chi connectivity index (χ3n) is 6.30. The van der Waals surface area contributed by atoms with Crippen molar-refractivity contribution >= 4 is 50.7 Å². The normalized spacial score (nSPS) is 12.1. The first kappa shape index (κ1) is 29.5. The molecule has 0 spiro atoms. The van der Waals surface area contributed by atoms with Crippen molar-refractivity contribution in [3.05, 3.63) is 93.5 Å². The molecular weight excluding hydrogens is 545 g/mol. The second-order valence-electron chi connectivity index (χ2n) is 8.89. The van der Waals surface area contributed by atoms with Crippen LogP contribution in [0.4, 0.5) is 5.69 Å². The van der Waals surface area contributed by atoms with E-state index in [0.717, 1.165) is 15.4 Å². The summed E-state index contributed by atoms with van der Waals surface area (Å²) in [6.45, 7) is 6.90. The summed E-state index contributed by atoms with van der Waals surface area (Å²) < 4.78 is 28.7. The number of hydrogen-bond acceptors (Lipinski definition) is 4. The Labute approximate surface area is 234 Å². The minimum absolute atomic E-state index is 0.0449. The third kappa shape index (κ3) is 6.67. The lowest BCUT2D eigenvalue weighted by atomic mass is 10.1. The molecule has 10 heteroatoms. The highest BCUT2D eigenvalue weighted by atomic mass is 35.5. The quantitative estimate of drug-likeness (QED) is 0.352. The van der Waals surface area contributed by atoms with Crippen molar-refractivity contribution in [3.63, 3.8) is 0 Å². The minimum atomic E-state index is -4.12. The molecule has 38 heavy (non-hydrogen) atoms. The topological polar surface area (TPSA) is 86.8 Å². The van der Waals surface area contributed by atoms with Crippen LogP contribution in [0.2, 0.25) is 10.0 Å². The van der Waals surface area contributed by atoms with E-state index in [0.29, 0.717) is 27.8 Å². The summed E-state index contributed by atoms with van der Waals surface area (Å²) in [4.78, 5) is 28.0. The van der Waals surface area contributed by atoms with Crippen LogP contribution in [-0.2, 0) is 26.2 Å². The molecule has 3 rings (SSSR count). The molecule has 0 aromatic heterocycles. The van der Waals surface area contributed by atoms with Gasteiger partial charge in [0, 0.05) is 28.7 Å². The maximum Gasteiger partial charge on any atom is 0.264 e. The molecule has 0 aliphatic carbocycles. The van der Waals surface area contributed by atoms with Crippen LogP contribution in [0.3, 0.4) is 0 Å². The fraction of sp³-hybridized carbons (Fsp3) is 0.286. The predicted octanol–water partition coefficient (Wildman–Crippen LogP) is 5.36. The van der Waals surface area contributed by atoms with Gasteiger partial charge in [0.2, 0.25) is 11.8 Å². The number of hydrogen-bond donors (Lipinski definition) is 1. The Morgan fingerprint density at radius 1 is 0.921 bits per heavy atom. The van der Waals surface area contributed by atoms with E-state index in [-0.39, 0.29) is 17.3 Å². The van der Waals surface area contributed by atoms with Gasteiger partial charge in [0.05, 0.1) is 10.6 Å². The molecule has 0 heterocycles. The number of carbonyl (C=O) groups excluding carboxylic acids is 2. The molecule has 2 amide bonds. The fourth-order valence-electron chi connectivity index (χ4n) is 3.89. The molecule has 1 unspecified atom stereocenters. The van der Waals surface area contributed by atoms with Crippen molar-refractivity contribution in [1.29, 1.82) is 0 Å². The Morgan fingerprint density at radius 3 is 2.13 bits per heavy atom. The molecule has 0 fully saturated rings. The number of nitrogens with one attached hydrogen (secondary N) is 1. The Kier molecular flexibility index (Phi) is 9.82. The third-order valence-corrected chi connectivity index (χ3v) is 8.79. The lowest BCUT2D eigenvalue weighted by molar-refractivity contribution is -0.139. The molecule has 7 nitrogen and oxygen atoms in total. The summed E-state index contributed by atoms with van der Waals surface area (Å²) in [6.07, 6.45) is 0. The molecule has 202 valence electrons. The Morgan fingerprint density at radius 2 is 1.55 bits per heavy atom. The standard InChI is InChI=1S/C28H31Cl2N3O4S/c1-5-31-28(35)21(4)32(17-24-25(29)12-9-13-26(24)30)27(34)18-33(22-15-14-19(2)20(3)16-22)38(36,37)23-10-7-6-8-11-23/h6-16,21H,5,17-18H2,1-4H3,(H,31,35). The second kappa shape index (κ2) is 12.7. The van der Waals surface area contributed by atoms with Gasteiger partial charge in [-0.1, -0.05) is 53.5 Å². The molecule has 3 aromatic rings. The van der Waals surface area contributed by atoms with Crippen molar-refractivity contribution in [2.24, 2.45) is 0 Å². The monoisotopic (exact) mass is 575 g/mol. The number of halogens is 2. The number of amides is 2. The van der Waals surface area contributed by atoms with Gasteiger partial charge < -0.3 is 10.2 Å². The molecular formula is C28H31Cl2N3O4S. The van der Waals surface area contributed by atoms with Crippen LogP contribution in [-0.4, -0.2) is 44.3 Å². The average molecular weight is 577 g/mol. The van der Waals surface area contributed by atoms with E-state index in [1.807, 2.05) is 13.8 Å². The van der Waals surface area contributed by atoms with Gasteiger partial charge in [0.25, 0.3) is 10.0 Å². The Balaban J connectivity index is 2.08. The van der Waals surface area contributed by atoms with Crippen LogP contribution in [0, 0.1) is 13.8 Å². The number of rotatable bonds is 10. The van der Waals surface area contributed by atoms with Crippen LogP contribution in [0.25, 0.3) is 0 Å². The lowest BCUT2D eigenvalue weighted by Gasteiger charge is -2.32. The first-order valence-corrected chi connectivity index (χ1v) is 14.3. The van der Waals surface area contributed by atoms with Crippen LogP contribution in [0.5, 0.6) is 0 Å². The first-order chi connectivity index (χ1) is 18.0. The van der Waals surface area contributed by atoms with E-state index in [9.17, 15) is 18.0 Å². The van der Waals surface area contributed by atoms with Gasteiger partial charge in [0.15, 0.2) is 0 Å². The molecule has 3 aromatic carbocycles. The van der Waals surface area contributed by atoms with E-state index >= 15 is 0 Å².